The second-order valence-corrected chi connectivity index (χ2v) is 4.27. The van der Waals surface area contributed by atoms with Crippen LogP contribution in [0.25, 0.3) is 0 Å². The van der Waals surface area contributed by atoms with E-state index in [1.165, 1.54) is 19.3 Å². The van der Waals surface area contributed by atoms with Crippen LogP contribution >= 0.6 is 0 Å². The summed E-state index contributed by atoms with van der Waals surface area (Å²) >= 11 is 0. The summed E-state index contributed by atoms with van der Waals surface area (Å²) in [6, 6.07) is 0. The highest BCUT2D eigenvalue weighted by Gasteiger charge is 2.24. The first-order valence-electron chi connectivity index (χ1n) is 5.38. The first-order chi connectivity index (χ1) is 5.69. The fourth-order valence-corrected chi connectivity index (χ4v) is 2.32. The van der Waals surface area contributed by atoms with Crippen molar-refractivity contribution in [1.29, 1.82) is 0 Å². The summed E-state index contributed by atoms with van der Waals surface area (Å²) in [6.07, 6.45) is 6.46. The van der Waals surface area contributed by atoms with E-state index in [-0.39, 0.29) is 0 Å². The van der Waals surface area contributed by atoms with E-state index < -0.39 is 0 Å². The van der Waals surface area contributed by atoms with Gasteiger partial charge in [0.05, 0.1) is 0 Å². The van der Waals surface area contributed by atoms with E-state index in [0.717, 1.165) is 17.8 Å². The summed E-state index contributed by atoms with van der Waals surface area (Å²) in [6.45, 7) is 9.37. The molecule has 0 aromatic rings. The molecule has 0 spiro atoms. The van der Waals surface area contributed by atoms with Gasteiger partial charge in [-0.05, 0) is 30.6 Å². The second kappa shape index (κ2) is 4.11. The Hall–Kier alpha value is -0.260. The number of hydrogen-bond donors (Lipinski definition) is 0. The fourth-order valence-electron chi connectivity index (χ4n) is 2.32. The van der Waals surface area contributed by atoms with Crippen LogP contribution in [0.2, 0.25) is 0 Å². The molecule has 12 heavy (non-hydrogen) atoms. The van der Waals surface area contributed by atoms with Crippen molar-refractivity contribution in [2.24, 2.45) is 17.8 Å². The molecule has 0 N–H and O–H groups in total. The number of allylic oxidation sites excluding steroid dienone is 2. The van der Waals surface area contributed by atoms with Gasteiger partial charge < -0.3 is 0 Å². The van der Waals surface area contributed by atoms with Crippen LogP contribution in [-0.4, -0.2) is 0 Å². The smallest absolute Gasteiger partial charge is 0.0231 e. The third-order valence-corrected chi connectivity index (χ3v) is 3.57. The molecule has 0 saturated carbocycles. The Labute approximate surface area is 77.1 Å². The molecule has 1 rings (SSSR count). The molecule has 0 aliphatic heterocycles. The molecule has 0 fully saturated rings. The Balaban J connectivity index is 2.68. The molecule has 0 saturated heterocycles. The first-order valence-corrected chi connectivity index (χ1v) is 5.38. The quantitative estimate of drug-likeness (QED) is 0.543. The van der Waals surface area contributed by atoms with Gasteiger partial charge in [0, 0.05) is 0 Å². The lowest BCUT2D eigenvalue weighted by Crippen LogP contribution is -2.22. The lowest BCUT2D eigenvalue weighted by atomic mass is 9.73. The molecule has 0 amide bonds. The van der Waals surface area contributed by atoms with Crippen molar-refractivity contribution in [2.45, 2.75) is 47.0 Å². The minimum atomic E-state index is 0.804. The standard InChI is InChI=1S/C12H22/c1-5-11-7-9(3)10(4)12(6-2)8-11/h7,9-10,12H,5-6,8H2,1-4H3. The zero-order chi connectivity index (χ0) is 9.14. The highest BCUT2D eigenvalue weighted by molar-refractivity contribution is 5.10. The third kappa shape index (κ3) is 1.91. The summed E-state index contributed by atoms with van der Waals surface area (Å²) < 4.78 is 0. The summed E-state index contributed by atoms with van der Waals surface area (Å²) in [7, 11) is 0. The van der Waals surface area contributed by atoms with Crippen molar-refractivity contribution >= 4 is 0 Å². The summed E-state index contributed by atoms with van der Waals surface area (Å²) in [5.74, 6) is 2.64. The van der Waals surface area contributed by atoms with E-state index >= 15 is 0 Å². The van der Waals surface area contributed by atoms with Crippen LogP contribution in [0.15, 0.2) is 11.6 Å². The van der Waals surface area contributed by atoms with E-state index in [9.17, 15) is 0 Å². The molecule has 70 valence electrons. The van der Waals surface area contributed by atoms with Gasteiger partial charge in [-0.3, -0.25) is 0 Å². The average molecular weight is 166 g/mol. The highest BCUT2D eigenvalue weighted by atomic mass is 14.3. The average Bonchev–Trinajstić information content (AvgIpc) is 2.09. The number of rotatable bonds is 2. The molecule has 0 radical (unpaired) electrons. The molecule has 0 bridgehead atoms. The Morgan fingerprint density at radius 2 is 2.00 bits per heavy atom. The minimum absolute atomic E-state index is 0.804. The van der Waals surface area contributed by atoms with Gasteiger partial charge in [-0.2, -0.15) is 0 Å². The van der Waals surface area contributed by atoms with Gasteiger partial charge in [0.25, 0.3) is 0 Å². The van der Waals surface area contributed by atoms with E-state index in [4.69, 9.17) is 0 Å². The molecular formula is C12H22. The lowest BCUT2D eigenvalue weighted by Gasteiger charge is -2.32. The van der Waals surface area contributed by atoms with Crippen molar-refractivity contribution in [3.63, 3.8) is 0 Å². The predicted molar refractivity (Wildman–Crippen MR) is 55.1 cm³/mol. The van der Waals surface area contributed by atoms with Gasteiger partial charge in [0.1, 0.15) is 0 Å². The Morgan fingerprint density at radius 1 is 1.33 bits per heavy atom. The van der Waals surface area contributed by atoms with Crippen LogP contribution in [0.5, 0.6) is 0 Å². The number of hydrogen-bond acceptors (Lipinski definition) is 0. The molecular weight excluding hydrogens is 144 g/mol. The Kier molecular flexibility index (Phi) is 3.37. The third-order valence-electron chi connectivity index (χ3n) is 3.57. The van der Waals surface area contributed by atoms with Crippen LogP contribution in [0, 0.1) is 17.8 Å². The lowest BCUT2D eigenvalue weighted by molar-refractivity contribution is 0.266. The zero-order valence-corrected chi connectivity index (χ0v) is 8.93. The molecule has 0 nitrogen and oxygen atoms in total. The monoisotopic (exact) mass is 166 g/mol. The van der Waals surface area contributed by atoms with Gasteiger partial charge >= 0.3 is 0 Å². The fraction of sp³-hybridized carbons (Fsp3) is 0.833. The topological polar surface area (TPSA) is 0 Å². The van der Waals surface area contributed by atoms with Gasteiger partial charge in [-0.25, -0.2) is 0 Å². The maximum absolute atomic E-state index is 2.50. The van der Waals surface area contributed by atoms with Gasteiger partial charge in [-0.1, -0.05) is 45.8 Å². The Bertz CT molecular complexity index is 167. The van der Waals surface area contributed by atoms with E-state index in [1.807, 2.05) is 0 Å². The minimum Gasteiger partial charge on any atom is -0.0822 e. The SMILES string of the molecule is CCC1=CC(C)C(C)C(CC)C1. The van der Waals surface area contributed by atoms with Crippen molar-refractivity contribution in [3.8, 4) is 0 Å². The molecule has 1 aliphatic carbocycles. The van der Waals surface area contributed by atoms with Gasteiger partial charge in [0.15, 0.2) is 0 Å². The largest absolute Gasteiger partial charge is 0.0822 e. The van der Waals surface area contributed by atoms with Crippen molar-refractivity contribution in [2.75, 3.05) is 0 Å². The van der Waals surface area contributed by atoms with E-state index in [0.29, 0.717) is 0 Å². The van der Waals surface area contributed by atoms with Crippen LogP contribution in [0.1, 0.15) is 47.0 Å². The van der Waals surface area contributed by atoms with E-state index in [1.54, 1.807) is 5.57 Å². The predicted octanol–water partition coefficient (Wildman–Crippen LogP) is 4.02. The summed E-state index contributed by atoms with van der Waals surface area (Å²) in [4.78, 5) is 0. The van der Waals surface area contributed by atoms with E-state index in [2.05, 4.69) is 33.8 Å². The van der Waals surface area contributed by atoms with Crippen LogP contribution < -0.4 is 0 Å². The van der Waals surface area contributed by atoms with Gasteiger partial charge in [-0.15, -0.1) is 0 Å². The molecule has 0 heterocycles. The molecule has 1 aliphatic rings. The molecule has 0 aromatic heterocycles. The normalized spacial score (nSPS) is 36.3. The van der Waals surface area contributed by atoms with Crippen LogP contribution in [-0.2, 0) is 0 Å². The van der Waals surface area contributed by atoms with Crippen molar-refractivity contribution in [1.82, 2.24) is 0 Å². The maximum Gasteiger partial charge on any atom is -0.0231 e. The molecule has 0 aromatic carbocycles. The Morgan fingerprint density at radius 3 is 2.50 bits per heavy atom. The molecule has 0 heteroatoms. The maximum atomic E-state index is 2.50. The van der Waals surface area contributed by atoms with Crippen LogP contribution in [0.4, 0.5) is 0 Å². The first kappa shape index (κ1) is 9.83. The highest BCUT2D eigenvalue weighted by Crippen LogP contribution is 2.36. The van der Waals surface area contributed by atoms with Crippen molar-refractivity contribution < 1.29 is 0 Å². The van der Waals surface area contributed by atoms with Crippen LogP contribution in [0.3, 0.4) is 0 Å². The molecule has 3 unspecified atom stereocenters. The summed E-state index contributed by atoms with van der Waals surface area (Å²) in [5, 5.41) is 0. The van der Waals surface area contributed by atoms with Crippen molar-refractivity contribution in [3.05, 3.63) is 11.6 Å². The summed E-state index contributed by atoms with van der Waals surface area (Å²) in [5.41, 5.74) is 1.69. The molecule has 3 atom stereocenters. The zero-order valence-electron chi connectivity index (χ0n) is 8.93. The van der Waals surface area contributed by atoms with Gasteiger partial charge in [0.2, 0.25) is 0 Å². The second-order valence-electron chi connectivity index (χ2n) is 4.27.